The maximum absolute atomic E-state index is 11.0. The normalized spacial score (nSPS) is 10.0. The highest BCUT2D eigenvalue weighted by Crippen LogP contribution is 2.21. The van der Waals surface area contributed by atoms with Gasteiger partial charge in [0.1, 0.15) is 6.54 Å². The van der Waals surface area contributed by atoms with Crippen molar-refractivity contribution in [1.29, 1.82) is 0 Å². The van der Waals surface area contributed by atoms with Gasteiger partial charge in [0.15, 0.2) is 0 Å². The van der Waals surface area contributed by atoms with E-state index < -0.39 is 0 Å². The van der Waals surface area contributed by atoms with Gasteiger partial charge in [-0.05, 0) is 17.7 Å². The molecule has 2 rings (SSSR count). The average molecular weight is 322 g/mol. The molecule has 1 heterocycles. The molecule has 0 spiro atoms. The molecule has 0 saturated heterocycles. The number of rotatable bonds is 4. The van der Waals surface area contributed by atoms with E-state index in [1.807, 2.05) is 24.3 Å². The number of nitrogens with zero attached hydrogens (tertiary/aromatic N) is 2. The lowest BCUT2D eigenvalue weighted by atomic mass is 10.1. The Bertz CT molecular complexity index is 572. The molecular weight excluding hydrogens is 310 g/mol. The van der Waals surface area contributed by atoms with E-state index >= 15 is 0 Å². The number of esters is 1. The first-order chi connectivity index (χ1) is 9.19. The summed E-state index contributed by atoms with van der Waals surface area (Å²) in [5, 5.41) is 2.78. The molecule has 6 heteroatoms. The third kappa shape index (κ3) is 3.75. The molecule has 1 aromatic heterocycles. The van der Waals surface area contributed by atoms with Gasteiger partial charge in [-0.1, -0.05) is 28.1 Å². The number of carbonyl (C=O) groups is 1. The van der Waals surface area contributed by atoms with Gasteiger partial charge in [-0.2, -0.15) is 0 Å². The Kier molecular flexibility index (Phi) is 4.46. The molecule has 2 aromatic rings. The van der Waals surface area contributed by atoms with Crippen molar-refractivity contribution in [3.05, 3.63) is 41.1 Å². The van der Waals surface area contributed by atoms with Crippen molar-refractivity contribution in [3.8, 4) is 11.1 Å². The van der Waals surface area contributed by atoms with Crippen LogP contribution in [0, 0.1) is 0 Å². The zero-order valence-corrected chi connectivity index (χ0v) is 11.8. The van der Waals surface area contributed by atoms with Crippen molar-refractivity contribution in [2.45, 2.75) is 0 Å². The van der Waals surface area contributed by atoms with Crippen molar-refractivity contribution < 1.29 is 9.53 Å². The van der Waals surface area contributed by atoms with Crippen LogP contribution in [0.15, 0.2) is 41.1 Å². The molecule has 0 fully saturated rings. The number of aromatic nitrogens is 2. The van der Waals surface area contributed by atoms with Gasteiger partial charge < -0.3 is 10.1 Å². The maximum atomic E-state index is 11.0. The minimum atomic E-state index is -0.361. The molecule has 19 heavy (non-hydrogen) atoms. The molecule has 0 atom stereocenters. The first kappa shape index (κ1) is 13.5. The highest BCUT2D eigenvalue weighted by atomic mass is 79.9. The van der Waals surface area contributed by atoms with E-state index in [9.17, 15) is 4.79 Å². The Morgan fingerprint density at radius 1 is 1.32 bits per heavy atom. The van der Waals surface area contributed by atoms with E-state index in [-0.39, 0.29) is 12.5 Å². The Morgan fingerprint density at radius 2 is 2.05 bits per heavy atom. The van der Waals surface area contributed by atoms with Crippen LogP contribution in [0.25, 0.3) is 11.1 Å². The van der Waals surface area contributed by atoms with Crippen LogP contribution >= 0.6 is 15.9 Å². The van der Waals surface area contributed by atoms with Crippen molar-refractivity contribution in [1.82, 2.24) is 9.97 Å². The number of hydrogen-bond acceptors (Lipinski definition) is 5. The number of carbonyl (C=O) groups excluding carboxylic acids is 1. The number of anilines is 1. The largest absolute Gasteiger partial charge is 0.468 e. The lowest BCUT2D eigenvalue weighted by molar-refractivity contribution is -0.138. The van der Waals surface area contributed by atoms with Crippen molar-refractivity contribution in [3.63, 3.8) is 0 Å². The summed E-state index contributed by atoms with van der Waals surface area (Å²) >= 11 is 3.42. The summed E-state index contributed by atoms with van der Waals surface area (Å²) in [7, 11) is 1.33. The molecule has 1 N–H and O–H groups in total. The van der Waals surface area contributed by atoms with Gasteiger partial charge in [0.25, 0.3) is 0 Å². The van der Waals surface area contributed by atoms with Crippen molar-refractivity contribution >= 4 is 27.8 Å². The molecule has 98 valence electrons. The summed E-state index contributed by atoms with van der Waals surface area (Å²) in [5.41, 5.74) is 1.93. The monoisotopic (exact) mass is 321 g/mol. The van der Waals surface area contributed by atoms with Crippen molar-refractivity contribution in [2.75, 3.05) is 19.0 Å². The lowest BCUT2D eigenvalue weighted by Gasteiger charge is -2.05. The number of benzene rings is 1. The molecule has 5 nitrogen and oxygen atoms in total. The second-order valence-corrected chi connectivity index (χ2v) is 4.65. The van der Waals surface area contributed by atoms with Gasteiger partial charge in [0.2, 0.25) is 5.95 Å². The molecular formula is C13H12BrN3O2. The zero-order valence-electron chi connectivity index (χ0n) is 10.3. The molecule has 0 bridgehead atoms. The number of ether oxygens (including phenoxy) is 1. The minimum absolute atomic E-state index is 0.0483. The van der Waals surface area contributed by atoms with E-state index in [2.05, 4.69) is 36.0 Å². The van der Waals surface area contributed by atoms with Crippen LogP contribution in [-0.2, 0) is 9.53 Å². The Labute approximate surface area is 119 Å². The lowest BCUT2D eigenvalue weighted by Crippen LogP contribution is -2.16. The standard InChI is InChI=1S/C13H12BrN3O2/c1-19-12(18)8-17-13-15-6-10(7-16-13)9-3-2-4-11(14)5-9/h2-7H,8H2,1H3,(H,15,16,17). The first-order valence-corrected chi connectivity index (χ1v) is 6.37. The van der Waals surface area contributed by atoms with E-state index in [4.69, 9.17) is 0 Å². The predicted octanol–water partition coefficient (Wildman–Crippen LogP) is 2.49. The fraction of sp³-hybridized carbons (Fsp3) is 0.154. The quantitative estimate of drug-likeness (QED) is 0.876. The summed E-state index contributed by atoms with van der Waals surface area (Å²) in [6.45, 7) is 0.0483. The molecule has 0 saturated carbocycles. The van der Waals surface area contributed by atoms with Crippen LogP contribution in [-0.4, -0.2) is 29.6 Å². The third-order valence-corrected chi connectivity index (χ3v) is 2.92. The fourth-order valence-corrected chi connectivity index (χ4v) is 1.86. The van der Waals surface area contributed by atoms with Gasteiger partial charge in [-0.3, -0.25) is 4.79 Å². The number of halogens is 1. The molecule has 0 amide bonds. The second-order valence-electron chi connectivity index (χ2n) is 3.74. The summed E-state index contributed by atoms with van der Waals surface area (Å²) in [4.78, 5) is 19.3. The predicted molar refractivity (Wildman–Crippen MR) is 75.7 cm³/mol. The molecule has 0 radical (unpaired) electrons. The Morgan fingerprint density at radius 3 is 2.68 bits per heavy atom. The van der Waals surface area contributed by atoms with Crippen LogP contribution < -0.4 is 5.32 Å². The molecule has 0 aliphatic rings. The summed E-state index contributed by atoms with van der Waals surface area (Å²) in [6, 6.07) is 7.87. The topological polar surface area (TPSA) is 64.1 Å². The summed E-state index contributed by atoms with van der Waals surface area (Å²) in [6.07, 6.45) is 3.41. The first-order valence-electron chi connectivity index (χ1n) is 5.57. The van der Waals surface area contributed by atoms with Gasteiger partial charge in [0, 0.05) is 22.4 Å². The van der Waals surface area contributed by atoms with Gasteiger partial charge in [-0.25, -0.2) is 9.97 Å². The molecule has 0 unspecified atom stereocenters. The Balaban J connectivity index is 2.08. The van der Waals surface area contributed by atoms with Crippen LogP contribution in [0.4, 0.5) is 5.95 Å². The zero-order chi connectivity index (χ0) is 13.7. The average Bonchev–Trinajstić information content (AvgIpc) is 2.45. The summed E-state index contributed by atoms with van der Waals surface area (Å²) in [5.74, 6) is 0.0313. The second kappa shape index (κ2) is 6.29. The smallest absolute Gasteiger partial charge is 0.325 e. The van der Waals surface area contributed by atoms with Gasteiger partial charge >= 0.3 is 5.97 Å². The van der Waals surface area contributed by atoms with Gasteiger partial charge in [0.05, 0.1) is 7.11 Å². The SMILES string of the molecule is COC(=O)CNc1ncc(-c2cccc(Br)c2)cn1. The third-order valence-electron chi connectivity index (χ3n) is 2.43. The minimum Gasteiger partial charge on any atom is -0.468 e. The van der Waals surface area contributed by atoms with Crippen LogP contribution in [0.2, 0.25) is 0 Å². The molecule has 0 aliphatic carbocycles. The van der Waals surface area contributed by atoms with E-state index in [0.717, 1.165) is 15.6 Å². The van der Waals surface area contributed by atoms with E-state index in [1.54, 1.807) is 12.4 Å². The summed E-state index contributed by atoms with van der Waals surface area (Å²) < 4.78 is 5.51. The molecule has 0 aliphatic heterocycles. The Hall–Kier alpha value is -1.95. The van der Waals surface area contributed by atoms with Gasteiger partial charge in [-0.15, -0.1) is 0 Å². The van der Waals surface area contributed by atoms with E-state index in [1.165, 1.54) is 7.11 Å². The number of nitrogens with one attached hydrogen (secondary N) is 1. The highest BCUT2D eigenvalue weighted by molar-refractivity contribution is 9.10. The van der Waals surface area contributed by atoms with Crippen molar-refractivity contribution in [2.24, 2.45) is 0 Å². The van der Waals surface area contributed by atoms with E-state index in [0.29, 0.717) is 5.95 Å². The number of hydrogen-bond donors (Lipinski definition) is 1. The van der Waals surface area contributed by atoms with Crippen LogP contribution in [0.5, 0.6) is 0 Å². The van der Waals surface area contributed by atoms with Crippen LogP contribution in [0.1, 0.15) is 0 Å². The fourth-order valence-electron chi connectivity index (χ4n) is 1.46. The van der Waals surface area contributed by atoms with Crippen LogP contribution in [0.3, 0.4) is 0 Å². The maximum Gasteiger partial charge on any atom is 0.325 e. The number of methoxy groups -OCH3 is 1. The highest BCUT2D eigenvalue weighted by Gasteiger charge is 2.03. The molecule has 1 aromatic carbocycles.